The summed E-state index contributed by atoms with van der Waals surface area (Å²) in [5, 5.41) is 0. The zero-order valence-corrected chi connectivity index (χ0v) is 12.5. The Morgan fingerprint density at radius 3 is 2.85 bits per heavy atom. The monoisotopic (exact) mass is 286 g/mol. The number of para-hydroxylation sites is 1. The molecule has 20 heavy (non-hydrogen) atoms. The maximum atomic E-state index is 12.8. The van der Waals surface area contributed by atoms with Crippen LogP contribution in [0, 0.1) is 12.8 Å². The quantitative estimate of drug-likeness (QED) is 0.872. The summed E-state index contributed by atoms with van der Waals surface area (Å²) in [7, 11) is 0. The maximum Gasteiger partial charge on any atom is 0.268 e. The second kappa shape index (κ2) is 4.94. The number of nitrogens with two attached hydrogens (primary N) is 1. The normalized spacial score (nSPS) is 17.9. The number of carbonyl (C=O) groups is 1. The molecule has 1 aromatic carbocycles. The van der Waals surface area contributed by atoms with Gasteiger partial charge in [0.15, 0.2) is 0 Å². The minimum absolute atomic E-state index is 0.0637. The maximum absolute atomic E-state index is 12.8. The van der Waals surface area contributed by atoms with Crippen molar-refractivity contribution in [2.45, 2.75) is 20.3 Å². The summed E-state index contributed by atoms with van der Waals surface area (Å²) >= 11 is 1.48. The molecule has 3 rings (SSSR count). The van der Waals surface area contributed by atoms with E-state index in [9.17, 15) is 4.79 Å². The summed E-state index contributed by atoms with van der Waals surface area (Å²) in [6.45, 7) is 4.90. The van der Waals surface area contributed by atoms with Gasteiger partial charge < -0.3 is 10.6 Å². The molecule has 1 amide bonds. The van der Waals surface area contributed by atoms with Gasteiger partial charge in [0.05, 0.1) is 4.88 Å². The smallest absolute Gasteiger partial charge is 0.268 e. The SMILES string of the molecule is Cc1sc(C(=O)N2CC(C)Cc3ccccc32)cc1N. The number of thiophene rings is 1. The topological polar surface area (TPSA) is 46.3 Å². The van der Waals surface area contributed by atoms with Gasteiger partial charge in [0, 0.05) is 22.8 Å². The summed E-state index contributed by atoms with van der Waals surface area (Å²) in [6, 6.07) is 9.96. The molecule has 2 heterocycles. The molecular weight excluding hydrogens is 268 g/mol. The number of rotatable bonds is 1. The minimum Gasteiger partial charge on any atom is -0.398 e. The van der Waals surface area contributed by atoms with Crippen molar-refractivity contribution in [2.75, 3.05) is 17.2 Å². The third-order valence-corrected chi connectivity index (χ3v) is 4.81. The molecule has 0 bridgehead atoms. The average molecular weight is 286 g/mol. The van der Waals surface area contributed by atoms with Crippen molar-refractivity contribution in [3.63, 3.8) is 0 Å². The predicted molar refractivity (Wildman–Crippen MR) is 84.5 cm³/mol. The van der Waals surface area contributed by atoms with Crippen molar-refractivity contribution >= 4 is 28.6 Å². The number of amides is 1. The molecule has 3 nitrogen and oxygen atoms in total. The van der Waals surface area contributed by atoms with Crippen LogP contribution >= 0.6 is 11.3 Å². The number of anilines is 2. The lowest BCUT2D eigenvalue weighted by molar-refractivity contribution is 0.0985. The molecule has 0 saturated heterocycles. The van der Waals surface area contributed by atoms with Crippen LogP contribution in [0.1, 0.15) is 27.0 Å². The van der Waals surface area contributed by atoms with E-state index >= 15 is 0 Å². The van der Waals surface area contributed by atoms with E-state index in [0.29, 0.717) is 11.6 Å². The molecule has 1 atom stereocenters. The lowest BCUT2D eigenvalue weighted by atomic mass is 9.94. The highest BCUT2D eigenvalue weighted by atomic mass is 32.1. The fraction of sp³-hybridized carbons (Fsp3) is 0.312. The van der Waals surface area contributed by atoms with Crippen molar-refractivity contribution in [1.29, 1.82) is 0 Å². The van der Waals surface area contributed by atoms with E-state index < -0.39 is 0 Å². The lowest BCUT2D eigenvalue weighted by Crippen LogP contribution is -2.38. The summed E-state index contributed by atoms with van der Waals surface area (Å²) in [6.07, 6.45) is 1.03. The molecular formula is C16H18N2OS. The fourth-order valence-corrected chi connectivity index (χ4v) is 3.61. The van der Waals surface area contributed by atoms with E-state index in [4.69, 9.17) is 5.73 Å². The van der Waals surface area contributed by atoms with Gasteiger partial charge in [-0.05, 0) is 37.0 Å². The van der Waals surface area contributed by atoms with Gasteiger partial charge in [-0.3, -0.25) is 4.79 Å². The van der Waals surface area contributed by atoms with Gasteiger partial charge in [0.2, 0.25) is 0 Å². The molecule has 1 aliphatic rings. The van der Waals surface area contributed by atoms with Crippen molar-refractivity contribution < 1.29 is 4.79 Å². The van der Waals surface area contributed by atoms with Crippen LogP contribution in [-0.2, 0) is 6.42 Å². The van der Waals surface area contributed by atoms with Crippen LogP contribution in [0.3, 0.4) is 0 Å². The van der Waals surface area contributed by atoms with E-state index in [0.717, 1.165) is 28.4 Å². The molecule has 1 aliphatic heterocycles. The number of aryl methyl sites for hydroxylation is 1. The third kappa shape index (κ3) is 2.20. The van der Waals surface area contributed by atoms with Crippen molar-refractivity contribution in [3.8, 4) is 0 Å². The van der Waals surface area contributed by atoms with Gasteiger partial charge in [0.25, 0.3) is 5.91 Å². The Labute approximate surface area is 123 Å². The van der Waals surface area contributed by atoms with Crippen molar-refractivity contribution in [1.82, 2.24) is 0 Å². The Kier molecular flexibility index (Phi) is 3.26. The predicted octanol–water partition coefficient (Wildman–Crippen LogP) is 3.48. The molecule has 0 aliphatic carbocycles. The molecule has 1 unspecified atom stereocenters. The fourth-order valence-electron chi connectivity index (χ4n) is 2.72. The standard InChI is InChI=1S/C16H18N2OS/c1-10-7-12-5-3-4-6-14(12)18(9-10)16(19)15-8-13(17)11(2)20-15/h3-6,8,10H,7,9,17H2,1-2H3. The number of hydrogen-bond acceptors (Lipinski definition) is 3. The number of benzene rings is 1. The van der Waals surface area contributed by atoms with Gasteiger partial charge in [-0.1, -0.05) is 25.1 Å². The molecule has 0 spiro atoms. The summed E-state index contributed by atoms with van der Waals surface area (Å²) in [5.74, 6) is 0.543. The third-order valence-electron chi connectivity index (χ3n) is 3.76. The summed E-state index contributed by atoms with van der Waals surface area (Å²) < 4.78 is 0. The minimum atomic E-state index is 0.0637. The largest absolute Gasteiger partial charge is 0.398 e. The number of hydrogen-bond donors (Lipinski definition) is 1. The summed E-state index contributed by atoms with van der Waals surface area (Å²) in [4.78, 5) is 16.4. The molecule has 0 fully saturated rings. The van der Waals surface area contributed by atoms with E-state index in [-0.39, 0.29) is 5.91 Å². The molecule has 2 aromatic rings. The first-order chi connectivity index (χ1) is 9.56. The molecule has 104 valence electrons. The Hall–Kier alpha value is -1.81. The van der Waals surface area contributed by atoms with Crippen LogP contribution in [-0.4, -0.2) is 12.5 Å². The van der Waals surface area contributed by atoms with Crippen molar-refractivity contribution in [2.24, 2.45) is 5.92 Å². The van der Waals surface area contributed by atoms with Gasteiger partial charge in [-0.15, -0.1) is 11.3 Å². The van der Waals surface area contributed by atoms with Crippen molar-refractivity contribution in [3.05, 3.63) is 45.6 Å². The summed E-state index contributed by atoms with van der Waals surface area (Å²) in [5.41, 5.74) is 8.87. The van der Waals surface area contributed by atoms with Gasteiger partial charge in [-0.25, -0.2) is 0 Å². The second-order valence-corrected chi connectivity index (χ2v) is 6.73. The van der Waals surface area contributed by atoms with E-state index in [2.05, 4.69) is 13.0 Å². The Balaban J connectivity index is 1.99. The average Bonchev–Trinajstić information content (AvgIpc) is 2.77. The van der Waals surface area contributed by atoms with Crippen LogP contribution in [0.4, 0.5) is 11.4 Å². The van der Waals surface area contributed by atoms with E-state index in [1.165, 1.54) is 16.9 Å². The first kappa shape index (κ1) is 13.2. The van der Waals surface area contributed by atoms with Gasteiger partial charge in [0.1, 0.15) is 0 Å². The molecule has 0 saturated carbocycles. The zero-order valence-electron chi connectivity index (χ0n) is 11.7. The molecule has 2 N–H and O–H groups in total. The highest BCUT2D eigenvalue weighted by Gasteiger charge is 2.27. The molecule has 1 aromatic heterocycles. The Morgan fingerprint density at radius 1 is 1.40 bits per heavy atom. The Morgan fingerprint density at radius 2 is 2.15 bits per heavy atom. The van der Waals surface area contributed by atoms with Crippen LogP contribution < -0.4 is 10.6 Å². The van der Waals surface area contributed by atoms with Gasteiger partial charge >= 0.3 is 0 Å². The van der Waals surface area contributed by atoms with Crippen LogP contribution in [0.5, 0.6) is 0 Å². The van der Waals surface area contributed by atoms with Crippen LogP contribution in [0.15, 0.2) is 30.3 Å². The number of fused-ring (bicyclic) bond motifs is 1. The lowest BCUT2D eigenvalue weighted by Gasteiger charge is -2.32. The first-order valence-corrected chi connectivity index (χ1v) is 7.63. The van der Waals surface area contributed by atoms with E-state index in [1.54, 1.807) is 6.07 Å². The second-order valence-electron chi connectivity index (χ2n) is 5.48. The molecule has 4 heteroatoms. The number of nitrogens with zero attached hydrogens (tertiary/aromatic N) is 1. The highest BCUT2D eigenvalue weighted by Crippen LogP contribution is 2.32. The van der Waals surface area contributed by atoms with Crippen LogP contribution in [0.25, 0.3) is 0 Å². The zero-order chi connectivity index (χ0) is 14.3. The number of nitrogen functional groups attached to an aromatic ring is 1. The van der Waals surface area contributed by atoms with Crippen LogP contribution in [0.2, 0.25) is 0 Å². The highest BCUT2D eigenvalue weighted by molar-refractivity contribution is 7.14. The first-order valence-electron chi connectivity index (χ1n) is 6.82. The van der Waals surface area contributed by atoms with E-state index in [1.807, 2.05) is 30.0 Å². The van der Waals surface area contributed by atoms with Gasteiger partial charge in [-0.2, -0.15) is 0 Å². The Bertz CT molecular complexity index is 643. The molecule has 0 radical (unpaired) electrons. The number of carbonyl (C=O) groups excluding carboxylic acids is 1.